The smallest absolute Gasteiger partial charge is 0.338 e. The fourth-order valence-electron chi connectivity index (χ4n) is 3.17. The molecule has 0 unspecified atom stereocenters. The minimum Gasteiger partial charge on any atom is -0.452 e. The first-order chi connectivity index (χ1) is 12.5. The molecule has 2 aliphatic carbocycles. The van der Waals surface area contributed by atoms with Crippen LogP contribution in [-0.4, -0.2) is 30.4 Å². The van der Waals surface area contributed by atoms with Crippen molar-refractivity contribution in [2.45, 2.75) is 51.5 Å². The largest absolute Gasteiger partial charge is 0.452 e. The number of esters is 1. The van der Waals surface area contributed by atoms with Crippen LogP contribution >= 0.6 is 0 Å². The summed E-state index contributed by atoms with van der Waals surface area (Å²) in [7, 11) is 0. The van der Waals surface area contributed by atoms with Crippen molar-refractivity contribution in [1.82, 2.24) is 5.32 Å². The molecule has 2 saturated carbocycles. The Hall–Kier alpha value is -2.37. The van der Waals surface area contributed by atoms with Crippen LogP contribution in [0.4, 0.5) is 5.69 Å². The van der Waals surface area contributed by atoms with Crippen molar-refractivity contribution in [3.8, 4) is 0 Å². The molecule has 0 saturated heterocycles. The average Bonchev–Trinajstić information content (AvgIpc) is 3.47. The fourth-order valence-corrected chi connectivity index (χ4v) is 3.17. The summed E-state index contributed by atoms with van der Waals surface area (Å²) in [6, 6.07) is 6.70. The standard InChI is InChI=1S/C20H26N2O4/c1-13-2-8-16(9-3-13)21-18(23)12-26-20(25)15-6-10-17(11-7-15)22-19(24)14-4-5-14/h6-7,10-11,13-14,16H,2-5,8-9,12H2,1H3,(H,21,23)(H,22,24). The van der Waals surface area contributed by atoms with E-state index in [1.165, 1.54) is 0 Å². The quantitative estimate of drug-likeness (QED) is 0.766. The van der Waals surface area contributed by atoms with Crippen LogP contribution in [0.15, 0.2) is 24.3 Å². The summed E-state index contributed by atoms with van der Waals surface area (Å²) in [6.45, 7) is 1.95. The Morgan fingerprint density at radius 1 is 1.00 bits per heavy atom. The number of amides is 2. The van der Waals surface area contributed by atoms with Gasteiger partial charge < -0.3 is 15.4 Å². The fraction of sp³-hybridized carbons (Fsp3) is 0.550. The number of nitrogens with one attached hydrogen (secondary N) is 2. The number of benzene rings is 1. The predicted octanol–water partition coefficient (Wildman–Crippen LogP) is 2.89. The van der Waals surface area contributed by atoms with Crippen molar-refractivity contribution in [2.24, 2.45) is 11.8 Å². The van der Waals surface area contributed by atoms with Gasteiger partial charge in [-0.15, -0.1) is 0 Å². The van der Waals surface area contributed by atoms with Crippen LogP contribution in [0.5, 0.6) is 0 Å². The summed E-state index contributed by atoms with van der Waals surface area (Å²) in [6.07, 6.45) is 6.09. The normalized spacial score (nSPS) is 22.3. The molecule has 3 rings (SSSR count). The molecule has 0 heterocycles. The Morgan fingerprint density at radius 2 is 1.65 bits per heavy atom. The Kier molecular flexibility index (Phi) is 5.91. The molecule has 1 aromatic rings. The van der Waals surface area contributed by atoms with E-state index in [1.54, 1.807) is 24.3 Å². The van der Waals surface area contributed by atoms with E-state index in [9.17, 15) is 14.4 Å². The van der Waals surface area contributed by atoms with Gasteiger partial charge in [-0.3, -0.25) is 9.59 Å². The lowest BCUT2D eigenvalue weighted by Crippen LogP contribution is -2.39. The topological polar surface area (TPSA) is 84.5 Å². The lowest BCUT2D eigenvalue weighted by molar-refractivity contribution is -0.125. The van der Waals surface area contributed by atoms with Crippen molar-refractivity contribution in [2.75, 3.05) is 11.9 Å². The molecule has 0 aliphatic heterocycles. The lowest BCUT2D eigenvalue weighted by Gasteiger charge is -2.26. The highest BCUT2D eigenvalue weighted by Gasteiger charge is 2.29. The van der Waals surface area contributed by atoms with Crippen LogP contribution in [0.3, 0.4) is 0 Å². The van der Waals surface area contributed by atoms with Crippen molar-refractivity contribution in [1.29, 1.82) is 0 Å². The van der Waals surface area contributed by atoms with E-state index in [0.29, 0.717) is 11.3 Å². The van der Waals surface area contributed by atoms with Crippen molar-refractivity contribution >= 4 is 23.5 Å². The van der Waals surface area contributed by atoms with E-state index in [2.05, 4.69) is 17.6 Å². The highest BCUT2D eigenvalue weighted by Crippen LogP contribution is 2.30. The summed E-state index contributed by atoms with van der Waals surface area (Å²) < 4.78 is 5.08. The van der Waals surface area contributed by atoms with E-state index < -0.39 is 5.97 Å². The molecule has 2 amide bonds. The van der Waals surface area contributed by atoms with Crippen LogP contribution < -0.4 is 10.6 Å². The van der Waals surface area contributed by atoms with Gasteiger partial charge in [-0.2, -0.15) is 0 Å². The van der Waals surface area contributed by atoms with Crippen LogP contribution in [0.25, 0.3) is 0 Å². The van der Waals surface area contributed by atoms with Crippen molar-refractivity contribution in [3.05, 3.63) is 29.8 Å². The SMILES string of the molecule is CC1CCC(NC(=O)COC(=O)c2ccc(NC(=O)C3CC3)cc2)CC1. The molecule has 140 valence electrons. The van der Waals surface area contributed by atoms with Gasteiger partial charge >= 0.3 is 5.97 Å². The molecule has 0 atom stereocenters. The molecule has 6 heteroatoms. The van der Waals surface area contributed by atoms with Gasteiger partial charge in [0.05, 0.1) is 5.56 Å². The lowest BCUT2D eigenvalue weighted by atomic mass is 9.87. The van der Waals surface area contributed by atoms with E-state index in [4.69, 9.17) is 4.74 Å². The van der Waals surface area contributed by atoms with Gasteiger partial charge in [0.25, 0.3) is 5.91 Å². The highest BCUT2D eigenvalue weighted by atomic mass is 16.5. The molecule has 0 bridgehead atoms. The van der Waals surface area contributed by atoms with E-state index in [1.807, 2.05) is 0 Å². The third-order valence-electron chi connectivity index (χ3n) is 5.05. The summed E-state index contributed by atoms with van der Waals surface area (Å²) in [5.41, 5.74) is 1.01. The second kappa shape index (κ2) is 8.34. The molecule has 2 N–H and O–H groups in total. The highest BCUT2D eigenvalue weighted by molar-refractivity contribution is 5.95. The summed E-state index contributed by atoms with van der Waals surface area (Å²) in [4.78, 5) is 35.7. The van der Waals surface area contributed by atoms with Crippen LogP contribution in [0.1, 0.15) is 55.8 Å². The van der Waals surface area contributed by atoms with Gasteiger partial charge in [-0.1, -0.05) is 6.92 Å². The maximum absolute atomic E-state index is 12.0. The number of hydrogen-bond donors (Lipinski definition) is 2. The summed E-state index contributed by atoms with van der Waals surface area (Å²) >= 11 is 0. The zero-order valence-electron chi connectivity index (χ0n) is 15.1. The zero-order valence-corrected chi connectivity index (χ0v) is 15.1. The third kappa shape index (κ3) is 5.31. The Bertz CT molecular complexity index is 659. The second-order valence-electron chi connectivity index (χ2n) is 7.44. The molecule has 0 aromatic heterocycles. The maximum atomic E-state index is 12.0. The van der Waals surface area contributed by atoms with Crippen molar-refractivity contribution in [3.63, 3.8) is 0 Å². The molecule has 1 aromatic carbocycles. The van der Waals surface area contributed by atoms with Gasteiger partial charge in [-0.25, -0.2) is 4.79 Å². The summed E-state index contributed by atoms with van der Waals surface area (Å²) in [5, 5.41) is 5.74. The van der Waals surface area contributed by atoms with Gasteiger partial charge in [0.15, 0.2) is 6.61 Å². The number of ether oxygens (including phenoxy) is 1. The molecule has 6 nitrogen and oxygen atoms in total. The van der Waals surface area contributed by atoms with Crippen LogP contribution in [-0.2, 0) is 14.3 Å². The first-order valence-corrected chi connectivity index (χ1v) is 9.38. The second-order valence-corrected chi connectivity index (χ2v) is 7.44. The zero-order chi connectivity index (χ0) is 18.5. The monoisotopic (exact) mass is 358 g/mol. The number of carbonyl (C=O) groups is 3. The summed E-state index contributed by atoms with van der Waals surface area (Å²) in [5.74, 6) is 0.0707. The van der Waals surface area contributed by atoms with E-state index >= 15 is 0 Å². The Morgan fingerprint density at radius 3 is 2.27 bits per heavy atom. The van der Waals surface area contributed by atoms with Crippen LogP contribution in [0, 0.1) is 11.8 Å². The van der Waals surface area contributed by atoms with Crippen molar-refractivity contribution < 1.29 is 19.1 Å². The molecule has 0 radical (unpaired) electrons. The first kappa shape index (κ1) is 18.4. The molecule has 2 aliphatic rings. The number of hydrogen-bond acceptors (Lipinski definition) is 4. The number of rotatable bonds is 6. The van der Waals surface area contributed by atoms with Gasteiger partial charge in [-0.05, 0) is 68.7 Å². The number of anilines is 1. The average molecular weight is 358 g/mol. The van der Waals surface area contributed by atoms with Gasteiger partial charge in [0, 0.05) is 17.6 Å². The predicted molar refractivity (Wildman–Crippen MR) is 97.6 cm³/mol. The van der Waals surface area contributed by atoms with Crippen LogP contribution in [0.2, 0.25) is 0 Å². The number of carbonyl (C=O) groups excluding carboxylic acids is 3. The minimum atomic E-state index is -0.544. The molecular weight excluding hydrogens is 332 g/mol. The van der Waals surface area contributed by atoms with Gasteiger partial charge in [0.2, 0.25) is 5.91 Å². The molecule has 26 heavy (non-hydrogen) atoms. The van der Waals surface area contributed by atoms with E-state index in [-0.39, 0.29) is 30.4 Å². The molecule has 0 spiro atoms. The Labute approximate surface area is 153 Å². The third-order valence-corrected chi connectivity index (χ3v) is 5.05. The minimum absolute atomic E-state index is 0.0223. The Balaban J connectivity index is 1.41. The first-order valence-electron chi connectivity index (χ1n) is 9.38. The maximum Gasteiger partial charge on any atom is 0.338 e. The van der Waals surface area contributed by atoms with Gasteiger partial charge in [0.1, 0.15) is 0 Å². The molecular formula is C20H26N2O4. The molecule has 2 fully saturated rings. The van der Waals surface area contributed by atoms with E-state index in [0.717, 1.165) is 44.4 Å².